The fraction of sp³-hybridized carbons (Fsp3) is 0.537. The molecule has 0 amide bonds. The summed E-state index contributed by atoms with van der Waals surface area (Å²) in [4.78, 5) is 81.4. The number of benzene rings is 2. The minimum absolute atomic E-state index is 0.00198. The Balaban J connectivity index is 0.000000159. The van der Waals surface area contributed by atoms with Gasteiger partial charge in [0.2, 0.25) is 11.2 Å². The normalized spacial score (nSPS) is 20.1. The van der Waals surface area contributed by atoms with Crippen molar-refractivity contribution < 1.29 is 89.2 Å². The maximum Gasteiger partial charge on any atom is 0.307 e. The van der Waals surface area contributed by atoms with E-state index in [2.05, 4.69) is 55.8 Å². The van der Waals surface area contributed by atoms with Gasteiger partial charge in [0.15, 0.2) is 34.8 Å². The summed E-state index contributed by atoms with van der Waals surface area (Å²) >= 11 is 5.71. The van der Waals surface area contributed by atoms with Crippen molar-refractivity contribution in [2.45, 2.75) is 249 Å². The zero-order valence-electron chi connectivity index (χ0n) is 70.8. The van der Waals surface area contributed by atoms with Crippen LogP contribution in [0.1, 0.15) is 206 Å². The Hall–Kier alpha value is -11.6. The number of ether oxygens (including phenoxy) is 2. The van der Waals surface area contributed by atoms with E-state index in [9.17, 15) is 86.0 Å². The summed E-state index contributed by atoms with van der Waals surface area (Å²) in [5.41, 5.74) is 8.74. The van der Waals surface area contributed by atoms with Crippen molar-refractivity contribution >= 4 is 84.8 Å². The molecule has 127 heavy (non-hydrogen) atoms. The molecule has 6 fully saturated rings. The maximum atomic E-state index is 14.9. The second-order valence-electron chi connectivity index (χ2n) is 32.2. The monoisotopic (exact) mass is 1820 g/mol. The van der Waals surface area contributed by atoms with Crippen LogP contribution < -0.4 is 30.3 Å². The number of hydrogen-bond donors (Lipinski definition) is 7. The third kappa shape index (κ3) is 29.2. The Morgan fingerprint density at radius 3 is 1.30 bits per heavy atom. The molecule has 688 valence electrons. The molecule has 39 nitrogen and oxygen atoms in total. The lowest BCUT2D eigenvalue weighted by atomic mass is 9.93. The van der Waals surface area contributed by atoms with Crippen LogP contribution in [0.15, 0.2) is 98.6 Å². The average Bonchev–Trinajstić information content (AvgIpc) is 1.14. The quantitative estimate of drug-likeness (QED) is 0.0165. The lowest BCUT2D eigenvalue weighted by Gasteiger charge is -2.34. The number of aromatic amines is 1. The highest BCUT2D eigenvalue weighted by Gasteiger charge is 2.32. The second kappa shape index (κ2) is 46.2. The minimum atomic E-state index is -3.35. The van der Waals surface area contributed by atoms with Gasteiger partial charge in [0.1, 0.15) is 72.9 Å². The van der Waals surface area contributed by atoms with Gasteiger partial charge in [0, 0.05) is 74.1 Å². The molecule has 0 atom stereocenters. The van der Waals surface area contributed by atoms with E-state index in [0.29, 0.717) is 136 Å². The predicted molar refractivity (Wildman–Crippen MR) is 457 cm³/mol. The highest BCUT2D eigenvalue weighted by molar-refractivity contribution is 7.86. The number of Topliss-reactive ketones (excluding diaryl/α,β-unsaturated/α-hetero) is 3. The number of carbonyl (C=O) groups excluding carboxylic acids is 3. The molecule has 0 saturated heterocycles. The minimum Gasteiger partial charge on any atom is -0.486 e. The Kier molecular flexibility index (Phi) is 35.5. The topological polar surface area (TPSA) is 519 Å². The largest absolute Gasteiger partial charge is 0.486 e. The van der Waals surface area contributed by atoms with Crippen molar-refractivity contribution in [1.82, 2.24) is 69.3 Å². The van der Waals surface area contributed by atoms with E-state index >= 15 is 0 Å². The number of aliphatic hydroxyl groups excluding tert-OH is 4. The van der Waals surface area contributed by atoms with Crippen molar-refractivity contribution in [1.29, 1.82) is 0 Å². The molecule has 0 spiro atoms. The van der Waals surface area contributed by atoms with Gasteiger partial charge in [-0.15, -0.1) is 0 Å². The van der Waals surface area contributed by atoms with Gasteiger partial charge >= 0.3 is 17.1 Å². The molecular weight excluding hydrogens is 1710 g/mol. The number of nitrogen functional groups attached to an aromatic ring is 1. The smallest absolute Gasteiger partial charge is 0.307 e. The van der Waals surface area contributed by atoms with Crippen LogP contribution in [0.25, 0.3) is 22.5 Å². The van der Waals surface area contributed by atoms with Crippen molar-refractivity contribution in [3.05, 3.63) is 158 Å². The van der Waals surface area contributed by atoms with Crippen molar-refractivity contribution in [3.63, 3.8) is 0 Å². The average molecular weight is 1820 g/mol. The van der Waals surface area contributed by atoms with Gasteiger partial charge < -0.3 is 50.8 Å². The fourth-order valence-corrected chi connectivity index (χ4v) is 16.2. The van der Waals surface area contributed by atoms with E-state index in [1.807, 2.05) is 59.3 Å². The molecule has 8 aliphatic rings. The van der Waals surface area contributed by atoms with Gasteiger partial charge in [-0.2, -0.15) is 33.9 Å². The summed E-state index contributed by atoms with van der Waals surface area (Å²) < 4.78 is 102. The Morgan fingerprint density at radius 1 is 0.512 bits per heavy atom. The van der Waals surface area contributed by atoms with E-state index in [1.165, 1.54) is 43.1 Å². The number of halogens is 5. The molecule has 0 unspecified atom stereocenters. The van der Waals surface area contributed by atoms with Crippen molar-refractivity contribution in [3.8, 4) is 34.0 Å². The highest BCUT2D eigenvalue weighted by Crippen LogP contribution is 2.42. The highest BCUT2D eigenvalue weighted by atomic mass is 35.5. The van der Waals surface area contributed by atoms with Gasteiger partial charge in [-0.05, 0) is 179 Å². The maximum absolute atomic E-state index is 14.9. The van der Waals surface area contributed by atoms with Crippen LogP contribution in [-0.2, 0) is 28.7 Å². The van der Waals surface area contributed by atoms with E-state index in [0.717, 1.165) is 115 Å². The fourth-order valence-electron chi connectivity index (χ4n) is 15.3. The number of aliphatic hydroxyl groups is 4. The molecule has 2 aliphatic heterocycles. The number of rotatable bonds is 15. The number of nitrogens with one attached hydrogen (secondary N) is 2. The zero-order chi connectivity index (χ0) is 91.8. The van der Waals surface area contributed by atoms with Gasteiger partial charge in [-0.25, -0.2) is 37.5 Å². The van der Waals surface area contributed by atoms with Gasteiger partial charge in [0.25, 0.3) is 10.1 Å². The zero-order valence-corrected chi connectivity index (χ0v) is 72.4. The molecule has 17 rings (SSSR count). The molecular formula is C82H106ClF4N21O18S. The van der Waals surface area contributed by atoms with Crippen molar-refractivity contribution in [2.24, 2.45) is 0 Å². The van der Waals surface area contributed by atoms with Crippen LogP contribution >= 0.6 is 11.6 Å². The number of fused-ring (bicyclic) bond motifs is 2. The Labute approximate surface area is 733 Å². The number of anilines is 5. The van der Waals surface area contributed by atoms with Gasteiger partial charge in [0.05, 0.1) is 143 Å². The van der Waals surface area contributed by atoms with Crippen LogP contribution in [-0.4, -0.2) is 205 Å². The van der Waals surface area contributed by atoms with Crippen LogP contribution in [0.2, 0.25) is 5.28 Å². The lowest BCUT2D eigenvalue weighted by molar-refractivity contribution is -0.385. The van der Waals surface area contributed by atoms with E-state index in [-0.39, 0.29) is 123 Å². The summed E-state index contributed by atoms with van der Waals surface area (Å²) in [7, 11) is -3.35. The number of nitro groups is 3. The first kappa shape index (κ1) is 97.6. The second-order valence-corrected chi connectivity index (χ2v) is 34.2. The molecule has 2 aromatic carbocycles. The lowest BCUT2D eigenvalue weighted by Crippen LogP contribution is -2.38. The first-order valence-corrected chi connectivity index (χ1v) is 44.1. The third-order valence-corrected chi connectivity index (χ3v) is 23.0. The number of nitrogens with two attached hydrogens (primary N) is 1. The summed E-state index contributed by atoms with van der Waals surface area (Å²) in [5, 5.41) is 93.2. The predicted octanol–water partition coefficient (Wildman–Crippen LogP) is 13.1. The number of aromatic nitrogens is 14. The summed E-state index contributed by atoms with van der Waals surface area (Å²) in [6.07, 6.45) is 34.1. The Morgan fingerprint density at radius 2 is 0.906 bits per heavy atom. The number of nitrogens with zero attached hydrogens (tertiary/aromatic N) is 18. The summed E-state index contributed by atoms with van der Waals surface area (Å²) in [6.45, 7) is 10.1. The molecule has 6 saturated carbocycles. The number of carbonyl (C=O) groups is 3. The van der Waals surface area contributed by atoms with Gasteiger partial charge in [-0.3, -0.25) is 72.7 Å². The van der Waals surface area contributed by atoms with E-state index in [1.54, 1.807) is 33.9 Å². The van der Waals surface area contributed by atoms with Crippen LogP contribution in [0.4, 0.5) is 63.3 Å². The first-order valence-electron chi connectivity index (χ1n) is 42.0. The van der Waals surface area contributed by atoms with Crippen LogP contribution in [0.5, 0.6) is 11.5 Å². The standard InChI is InChI=1S/C24H28F2N6O2.C15H14ClF2N3O.C9H13N3O3.C9H11N3O3.C9H15N3O.C7H12O4S.C6H10O2.C3H3N3O2/c1-14(2)31-7-8-34-23-19(25)9-15(10-21(23)31)22-20(26)12-27-24(30-22)29-16-11-28-32(13-16)17-3-5-18(33)6-4-17;1-8(2)21-3-4-22-14-10(17)5-9(6-12(14)21)13-11(18)7-19-15(16)20-13;2*13-9-3-1-7(2-4-9)11-6-8(5-10-11)12(14)15;10-7-5-11-12(6-7)8-1-3-9(13)4-2-8;1-12(9,10)11-7-4-2-6(8)3-5-7;7-5-1-2-6(8)4-3-5;7-6(8)3-1-4-5-2-3/h9-14,17-18,33H,3-8H2,1-2H3,(H,27,29,30);5-8H,3-4H2,1-2H3;5-7,9,13H,1-4H2;5-7H,1-4H2;5-6,8-9,13H,1-4,10H2;7H,2-5H2,1H3;5,7H,1-4H2;1-2H,(H,4,5). The molecule has 0 radical (unpaired) electrons. The molecule has 6 aliphatic carbocycles. The molecule has 9 heterocycles. The molecule has 8 N–H and O–H groups in total. The number of hydrogen-bond acceptors (Lipinski definition) is 31. The summed E-state index contributed by atoms with van der Waals surface area (Å²) in [6, 6.07) is 7.11. The number of H-pyrrole nitrogens is 1. The summed E-state index contributed by atoms with van der Waals surface area (Å²) in [5.74, 6) is -1.08. The third-order valence-electron chi connectivity index (χ3n) is 22.2. The van der Waals surface area contributed by atoms with Gasteiger partial charge in [-0.1, -0.05) is 0 Å². The van der Waals surface area contributed by atoms with Crippen molar-refractivity contribution in [2.75, 3.05) is 53.4 Å². The molecule has 45 heteroatoms. The number of ketones is 3. The molecule has 9 aromatic rings. The first-order chi connectivity index (χ1) is 60.5. The van der Waals surface area contributed by atoms with E-state index < -0.39 is 48.2 Å². The van der Waals surface area contributed by atoms with E-state index in [4.69, 9.17) is 36.1 Å². The van der Waals surface area contributed by atoms with Crippen LogP contribution in [0.3, 0.4) is 0 Å². The molecule has 0 bridgehead atoms. The SMILES string of the molecule is CC(C)N1CCOc2c(F)cc(-c3nc(Cl)ncc3F)cc21.CC(C)N1CCOc2c(F)cc(-c3nc(Nc4cnn(C5CCC(O)CC5)c4)ncc3F)cc21.CS(=O)(=O)OC1CCC(=O)CC1.Nc1cnn(C2CCC(O)CC2)c1.O=C1CCC(O)CC1.O=C1CCC(n2cc([N+](=O)[O-])cn2)CC1.O=[N+]([O-])c1cn[nH]c1.O=[N+]([O-])c1cnn(C2CCC(O)CC2)c1. The van der Waals surface area contributed by atoms with Crippen LogP contribution in [0, 0.1) is 53.6 Å². The molecule has 7 aromatic heterocycles. The Bertz CT molecular complexity index is 5240.